The zero-order chi connectivity index (χ0) is 19.5. The summed E-state index contributed by atoms with van der Waals surface area (Å²) in [6, 6.07) is 17.4. The number of likely N-dealkylation sites (tertiary alicyclic amines) is 1. The van der Waals surface area contributed by atoms with Gasteiger partial charge in [0.25, 0.3) is 0 Å². The molecule has 7 heteroatoms. The van der Waals surface area contributed by atoms with Gasteiger partial charge < -0.3 is 15.0 Å². The van der Waals surface area contributed by atoms with Crippen LogP contribution in [0.1, 0.15) is 24.4 Å². The number of cyclic esters (lactones) is 1. The molecular weight excluding hydrogens is 422 g/mol. The van der Waals surface area contributed by atoms with Crippen molar-refractivity contribution in [2.75, 3.05) is 25.0 Å². The first kappa shape index (κ1) is 18.8. The molecule has 4 rings (SSSR count). The average Bonchev–Trinajstić information content (AvgIpc) is 3.12. The number of hydrogen-bond acceptors (Lipinski definition) is 3. The Morgan fingerprint density at radius 1 is 1.04 bits per heavy atom. The van der Waals surface area contributed by atoms with Gasteiger partial charge in [0.1, 0.15) is 6.61 Å². The molecule has 2 heterocycles. The molecule has 2 saturated heterocycles. The highest BCUT2D eigenvalue weighted by Gasteiger charge is 2.40. The molecule has 2 aliphatic rings. The number of halogens is 1. The quantitative estimate of drug-likeness (QED) is 0.751. The standard InChI is InChI=1S/C21H22BrN3O3/c22-17-8-4-5-9-18(17)23-20(26)24-12-10-16(11-13-24)25-19(14-28-21(25)27)15-6-2-1-3-7-15/h1-9,16,19H,10-14H2,(H,23,26). The molecule has 146 valence electrons. The topological polar surface area (TPSA) is 61.9 Å². The van der Waals surface area contributed by atoms with Gasteiger partial charge in [-0.3, -0.25) is 4.90 Å². The van der Waals surface area contributed by atoms with Gasteiger partial charge >= 0.3 is 12.1 Å². The minimum absolute atomic E-state index is 0.0562. The van der Waals surface area contributed by atoms with E-state index in [9.17, 15) is 9.59 Å². The van der Waals surface area contributed by atoms with E-state index >= 15 is 0 Å². The SMILES string of the molecule is O=C(Nc1ccccc1Br)N1CCC(N2C(=O)OCC2c2ccccc2)CC1. The summed E-state index contributed by atoms with van der Waals surface area (Å²) in [6.07, 6.45) is 1.22. The van der Waals surface area contributed by atoms with E-state index in [-0.39, 0.29) is 24.2 Å². The molecule has 1 atom stereocenters. The second-order valence-electron chi connectivity index (χ2n) is 7.04. The summed E-state index contributed by atoms with van der Waals surface area (Å²) in [6.45, 7) is 1.59. The van der Waals surface area contributed by atoms with Gasteiger partial charge in [-0.25, -0.2) is 9.59 Å². The lowest BCUT2D eigenvalue weighted by atomic mass is 9.99. The van der Waals surface area contributed by atoms with E-state index in [1.54, 1.807) is 4.90 Å². The Balaban J connectivity index is 1.38. The lowest BCUT2D eigenvalue weighted by molar-refractivity contribution is 0.116. The molecule has 28 heavy (non-hydrogen) atoms. The van der Waals surface area contributed by atoms with Crippen molar-refractivity contribution in [3.63, 3.8) is 0 Å². The molecule has 1 unspecified atom stereocenters. The smallest absolute Gasteiger partial charge is 0.410 e. The van der Waals surface area contributed by atoms with E-state index in [4.69, 9.17) is 4.74 Å². The molecule has 2 aromatic rings. The number of nitrogens with one attached hydrogen (secondary N) is 1. The van der Waals surface area contributed by atoms with Crippen LogP contribution in [-0.2, 0) is 4.74 Å². The predicted octanol–water partition coefficient (Wildman–Crippen LogP) is 4.64. The number of anilines is 1. The van der Waals surface area contributed by atoms with Gasteiger partial charge in [0, 0.05) is 23.6 Å². The lowest BCUT2D eigenvalue weighted by Crippen LogP contribution is -2.48. The molecule has 3 amide bonds. The molecule has 1 N–H and O–H groups in total. The van der Waals surface area contributed by atoms with Crippen LogP contribution in [0, 0.1) is 0 Å². The van der Waals surface area contributed by atoms with E-state index in [1.165, 1.54) is 0 Å². The minimum atomic E-state index is -0.259. The van der Waals surface area contributed by atoms with Crippen LogP contribution in [0.2, 0.25) is 0 Å². The first-order valence-corrected chi connectivity index (χ1v) is 10.2. The molecule has 0 aromatic heterocycles. The molecule has 0 saturated carbocycles. The van der Waals surface area contributed by atoms with Gasteiger partial charge in [0.05, 0.1) is 11.7 Å². The van der Waals surface area contributed by atoms with E-state index in [0.29, 0.717) is 19.7 Å². The Labute approximate surface area is 172 Å². The minimum Gasteiger partial charge on any atom is -0.447 e. The molecule has 2 aliphatic heterocycles. The maximum absolute atomic E-state index is 12.6. The van der Waals surface area contributed by atoms with Gasteiger partial charge in [-0.1, -0.05) is 42.5 Å². The van der Waals surface area contributed by atoms with E-state index in [0.717, 1.165) is 28.6 Å². The number of para-hydroxylation sites is 1. The molecule has 0 bridgehead atoms. The Morgan fingerprint density at radius 3 is 2.43 bits per heavy atom. The summed E-state index contributed by atoms with van der Waals surface area (Å²) >= 11 is 3.45. The van der Waals surface area contributed by atoms with E-state index in [1.807, 2.05) is 59.5 Å². The maximum Gasteiger partial charge on any atom is 0.410 e. The van der Waals surface area contributed by atoms with Crippen molar-refractivity contribution in [1.82, 2.24) is 9.80 Å². The first-order chi connectivity index (χ1) is 13.6. The Bertz CT molecular complexity index is 853. The predicted molar refractivity (Wildman–Crippen MR) is 110 cm³/mol. The summed E-state index contributed by atoms with van der Waals surface area (Å²) in [5.74, 6) is 0. The number of amides is 3. The molecular formula is C21H22BrN3O3. The number of nitrogens with zero attached hydrogens (tertiary/aromatic N) is 2. The van der Waals surface area contributed by atoms with Gasteiger partial charge in [-0.05, 0) is 46.5 Å². The third-order valence-electron chi connectivity index (χ3n) is 5.36. The van der Waals surface area contributed by atoms with Crippen LogP contribution >= 0.6 is 15.9 Å². The maximum atomic E-state index is 12.6. The number of urea groups is 1. The fourth-order valence-electron chi connectivity index (χ4n) is 3.87. The van der Waals surface area contributed by atoms with Crippen LogP contribution in [0.3, 0.4) is 0 Å². The molecule has 2 fully saturated rings. The summed E-state index contributed by atoms with van der Waals surface area (Å²) in [5, 5.41) is 2.94. The van der Waals surface area contributed by atoms with Gasteiger partial charge in [-0.2, -0.15) is 0 Å². The van der Waals surface area contributed by atoms with E-state index in [2.05, 4.69) is 21.2 Å². The zero-order valence-electron chi connectivity index (χ0n) is 15.4. The number of ether oxygens (including phenoxy) is 1. The van der Waals surface area contributed by atoms with Crippen LogP contribution in [-0.4, -0.2) is 47.7 Å². The van der Waals surface area contributed by atoms with Crippen LogP contribution in [0.25, 0.3) is 0 Å². The molecule has 0 aliphatic carbocycles. The van der Waals surface area contributed by atoms with Crippen molar-refractivity contribution >= 4 is 33.7 Å². The van der Waals surface area contributed by atoms with Crippen molar-refractivity contribution in [2.24, 2.45) is 0 Å². The monoisotopic (exact) mass is 443 g/mol. The molecule has 6 nitrogen and oxygen atoms in total. The second-order valence-corrected chi connectivity index (χ2v) is 7.89. The number of carbonyl (C=O) groups is 2. The Kier molecular flexibility index (Phi) is 5.52. The van der Waals surface area contributed by atoms with Crippen molar-refractivity contribution in [2.45, 2.75) is 24.9 Å². The highest BCUT2D eigenvalue weighted by Crippen LogP contribution is 2.33. The summed E-state index contributed by atoms with van der Waals surface area (Å²) < 4.78 is 6.19. The highest BCUT2D eigenvalue weighted by molar-refractivity contribution is 9.10. The van der Waals surface area contributed by atoms with Crippen LogP contribution in [0.4, 0.5) is 15.3 Å². The summed E-state index contributed by atoms with van der Waals surface area (Å²) in [5.41, 5.74) is 1.84. The first-order valence-electron chi connectivity index (χ1n) is 9.44. The number of carbonyl (C=O) groups excluding carboxylic acids is 2. The average molecular weight is 444 g/mol. The fraction of sp³-hybridized carbons (Fsp3) is 0.333. The number of rotatable bonds is 3. The number of piperidine rings is 1. The Morgan fingerprint density at radius 2 is 1.71 bits per heavy atom. The Hall–Kier alpha value is -2.54. The largest absolute Gasteiger partial charge is 0.447 e. The number of hydrogen-bond donors (Lipinski definition) is 1. The summed E-state index contributed by atoms with van der Waals surface area (Å²) in [4.78, 5) is 28.6. The summed E-state index contributed by atoms with van der Waals surface area (Å²) in [7, 11) is 0. The molecule has 2 aromatic carbocycles. The van der Waals surface area contributed by atoms with Gasteiger partial charge in [0.2, 0.25) is 0 Å². The van der Waals surface area contributed by atoms with Gasteiger partial charge in [-0.15, -0.1) is 0 Å². The van der Waals surface area contributed by atoms with Crippen LogP contribution < -0.4 is 5.32 Å². The zero-order valence-corrected chi connectivity index (χ0v) is 17.0. The normalized spacial score (nSPS) is 20.2. The van der Waals surface area contributed by atoms with Crippen LogP contribution in [0.15, 0.2) is 59.1 Å². The van der Waals surface area contributed by atoms with Crippen LogP contribution in [0.5, 0.6) is 0 Å². The highest BCUT2D eigenvalue weighted by atomic mass is 79.9. The van der Waals surface area contributed by atoms with Crippen molar-refractivity contribution in [3.05, 3.63) is 64.6 Å². The van der Waals surface area contributed by atoms with E-state index < -0.39 is 0 Å². The van der Waals surface area contributed by atoms with Crippen molar-refractivity contribution in [1.29, 1.82) is 0 Å². The third kappa shape index (κ3) is 3.85. The third-order valence-corrected chi connectivity index (χ3v) is 6.05. The molecule has 0 spiro atoms. The second kappa shape index (κ2) is 8.22. The fourth-order valence-corrected chi connectivity index (χ4v) is 4.26. The van der Waals surface area contributed by atoms with Crippen molar-refractivity contribution < 1.29 is 14.3 Å². The number of benzene rings is 2. The lowest BCUT2D eigenvalue weighted by Gasteiger charge is -2.37. The van der Waals surface area contributed by atoms with Gasteiger partial charge in [0.15, 0.2) is 0 Å². The van der Waals surface area contributed by atoms with Crippen molar-refractivity contribution in [3.8, 4) is 0 Å². The molecule has 0 radical (unpaired) electrons.